The molecule has 0 spiro atoms. The Morgan fingerprint density at radius 2 is 0.778 bits per heavy atom. The van der Waals surface area contributed by atoms with Crippen molar-refractivity contribution in [3.05, 3.63) is 12.2 Å². The topological polar surface area (TPSA) is 118 Å². The van der Waals surface area contributed by atoms with Crippen molar-refractivity contribution in [1.82, 2.24) is 19.6 Å². The van der Waals surface area contributed by atoms with Crippen molar-refractivity contribution in [2.24, 2.45) is 0 Å². The van der Waals surface area contributed by atoms with E-state index in [1.807, 2.05) is 48.5 Å². The van der Waals surface area contributed by atoms with Crippen LogP contribution in [-0.2, 0) is 18.9 Å². The van der Waals surface area contributed by atoms with Crippen LogP contribution in [0.1, 0.15) is 103 Å². The minimum atomic E-state index is -0.676. The predicted molar refractivity (Wildman–Crippen MR) is 176 cm³/mol. The van der Waals surface area contributed by atoms with E-state index in [0.29, 0.717) is 45.6 Å². The van der Waals surface area contributed by atoms with Crippen LogP contribution in [-0.4, -0.2) is 119 Å². The molecule has 0 saturated heterocycles. The Hall–Kier alpha value is -3.18. The van der Waals surface area contributed by atoms with Crippen LogP contribution in [0.3, 0.4) is 0 Å². The Kier molecular flexibility index (Phi) is 16.8. The number of hydrogen-bond acceptors (Lipinski definition) is 8. The second-order valence-electron chi connectivity index (χ2n) is 15.0. The zero-order chi connectivity index (χ0) is 35.2. The smallest absolute Gasteiger partial charge is 0.410 e. The summed E-state index contributed by atoms with van der Waals surface area (Å²) >= 11 is 0. The Balaban J connectivity index is 5.47. The highest BCUT2D eigenvalue weighted by atomic mass is 16.6. The van der Waals surface area contributed by atoms with Crippen molar-refractivity contribution in [2.45, 2.75) is 125 Å². The molecular weight excluding hydrogens is 580 g/mol. The molecule has 0 atom stereocenters. The van der Waals surface area contributed by atoms with Gasteiger partial charge in [-0.05, 0) is 103 Å². The van der Waals surface area contributed by atoms with Crippen molar-refractivity contribution >= 4 is 24.4 Å². The summed E-state index contributed by atoms with van der Waals surface area (Å²) in [7, 11) is 1.66. The molecule has 0 saturated carbocycles. The fraction of sp³-hybridized carbons (Fsp3) is 0.818. The van der Waals surface area contributed by atoms with Crippen LogP contribution < -0.4 is 0 Å². The Morgan fingerprint density at radius 3 is 1.11 bits per heavy atom. The number of rotatable bonds is 13. The third-order valence-electron chi connectivity index (χ3n) is 5.64. The summed E-state index contributed by atoms with van der Waals surface area (Å²) in [4.78, 5) is 57.0. The molecule has 0 rings (SSSR count). The minimum Gasteiger partial charge on any atom is -0.444 e. The predicted octanol–water partition coefficient (Wildman–Crippen LogP) is 6.92. The molecule has 0 N–H and O–H groups in total. The van der Waals surface area contributed by atoms with Crippen LogP contribution in [0.5, 0.6) is 0 Å². The molecule has 0 aliphatic carbocycles. The molecule has 0 unspecified atom stereocenters. The van der Waals surface area contributed by atoms with E-state index in [1.165, 1.54) is 4.90 Å². The first-order chi connectivity index (χ1) is 20.3. The van der Waals surface area contributed by atoms with Crippen LogP contribution in [0.15, 0.2) is 12.2 Å². The normalized spacial score (nSPS) is 12.4. The molecule has 45 heavy (non-hydrogen) atoms. The van der Waals surface area contributed by atoms with Crippen molar-refractivity contribution in [2.75, 3.05) is 52.9 Å². The molecule has 0 heterocycles. The fourth-order valence-corrected chi connectivity index (χ4v) is 3.66. The first kappa shape index (κ1) is 41.8. The maximum atomic E-state index is 13.0. The van der Waals surface area contributed by atoms with Gasteiger partial charge in [0.1, 0.15) is 22.4 Å². The van der Waals surface area contributed by atoms with Crippen molar-refractivity contribution in [3.8, 4) is 0 Å². The first-order valence-electron chi connectivity index (χ1n) is 15.9. The lowest BCUT2D eigenvalue weighted by atomic mass is 10.2. The molecule has 12 nitrogen and oxygen atoms in total. The third-order valence-corrected chi connectivity index (χ3v) is 5.64. The lowest BCUT2D eigenvalue weighted by molar-refractivity contribution is 0.0207. The standard InChI is InChI=1S/C33H62N4O8/c1-15-35(27(39)43-31(5,6)7)23-19-25-37(29(41)45-33(11,12)13)22-17-16-21-36(28(40)44-32(8,9)10)24-18-20-34(14)26(38)42-30(2,3)4/h16-17H,15,18-25H2,1-14H3/b17-16+. The molecule has 0 aliphatic rings. The lowest BCUT2D eigenvalue weighted by Gasteiger charge is -2.29. The van der Waals surface area contributed by atoms with Gasteiger partial charge in [-0.2, -0.15) is 0 Å². The Labute approximate surface area is 272 Å². The largest absolute Gasteiger partial charge is 0.444 e. The van der Waals surface area contributed by atoms with Gasteiger partial charge in [-0.1, -0.05) is 12.2 Å². The van der Waals surface area contributed by atoms with Crippen molar-refractivity contribution in [3.63, 3.8) is 0 Å². The molecule has 0 aromatic heterocycles. The molecule has 0 aliphatic heterocycles. The highest BCUT2D eigenvalue weighted by Crippen LogP contribution is 2.14. The average molecular weight is 643 g/mol. The number of carbonyl (C=O) groups excluding carboxylic acids is 4. The Morgan fingerprint density at radius 1 is 0.489 bits per heavy atom. The monoisotopic (exact) mass is 642 g/mol. The van der Waals surface area contributed by atoms with Crippen molar-refractivity contribution < 1.29 is 38.1 Å². The molecule has 0 radical (unpaired) electrons. The van der Waals surface area contributed by atoms with Gasteiger partial charge in [-0.15, -0.1) is 0 Å². The second kappa shape index (κ2) is 18.1. The van der Waals surface area contributed by atoms with Gasteiger partial charge in [0.2, 0.25) is 0 Å². The number of ether oxygens (including phenoxy) is 4. The van der Waals surface area contributed by atoms with E-state index < -0.39 is 46.8 Å². The van der Waals surface area contributed by atoms with Gasteiger partial charge >= 0.3 is 24.4 Å². The van der Waals surface area contributed by atoms with E-state index in [4.69, 9.17) is 18.9 Å². The molecule has 262 valence electrons. The van der Waals surface area contributed by atoms with Gasteiger partial charge in [0.15, 0.2) is 0 Å². The van der Waals surface area contributed by atoms with E-state index in [2.05, 4.69) is 0 Å². The molecule has 4 amide bonds. The Bertz CT molecular complexity index is 971. The lowest BCUT2D eigenvalue weighted by Crippen LogP contribution is -2.41. The summed E-state index contributed by atoms with van der Waals surface area (Å²) in [6.45, 7) is 26.1. The number of nitrogens with zero attached hydrogens (tertiary/aromatic N) is 4. The summed E-state index contributed by atoms with van der Waals surface area (Å²) in [5.41, 5.74) is -2.55. The molecule has 0 aromatic rings. The molecule has 0 bridgehead atoms. The number of hydrogen-bond donors (Lipinski definition) is 0. The van der Waals surface area contributed by atoms with E-state index >= 15 is 0 Å². The van der Waals surface area contributed by atoms with Crippen LogP contribution in [0.2, 0.25) is 0 Å². The van der Waals surface area contributed by atoms with E-state index in [-0.39, 0.29) is 13.1 Å². The van der Waals surface area contributed by atoms with Gasteiger partial charge in [0.05, 0.1) is 0 Å². The van der Waals surface area contributed by atoms with E-state index in [0.717, 1.165) is 0 Å². The van der Waals surface area contributed by atoms with Crippen LogP contribution >= 0.6 is 0 Å². The van der Waals surface area contributed by atoms with Crippen LogP contribution in [0, 0.1) is 0 Å². The number of amides is 4. The van der Waals surface area contributed by atoms with Crippen molar-refractivity contribution in [1.29, 1.82) is 0 Å². The minimum absolute atomic E-state index is 0.246. The summed E-state index contributed by atoms with van der Waals surface area (Å²) in [5.74, 6) is 0. The maximum Gasteiger partial charge on any atom is 0.410 e. The SMILES string of the molecule is CCN(CCCN(C/C=C/CN(CCCN(C)C(=O)OC(C)(C)C)C(=O)OC(C)(C)C)C(=O)OC(C)(C)C)C(=O)OC(C)(C)C. The number of carbonyl (C=O) groups is 4. The highest BCUT2D eigenvalue weighted by Gasteiger charge is 2.25. The van der Waals surface area contributed by atoms with Gasteiger partial charge in [-0.3, -0.25) is 0 Å². The zero-order valence-electron chi connectivity index (χ0n) is 30.6. The van der Waals surface area contributed by atoms with E-state index in [1.54, 1.807) is 75.4 Å². The molecular formula is C33H62N4O8. The third kappa shape index (κ3) is 21.2. The molecule has 12 heteroatoms. The van der Waals surface area contributed by atoms with Crippen LogP contribution in [0.4, 0.5) is 19.2 Å². The van der Waals surface area contributed by atoms with Crippen LogP contribution in [0.25, 0.3) is 0 Å². The molecule has 0 aromatic carbocycles. The maximum absolute atomic E-state index is 13.0. The molecule has 0 fully saturated rings. The zero-order valence-corrected chi connectivity index (χ0v) is 30.6. The summed E-state index contributed by atoms with van der Waals surface area (Å²) in [5, 5.41) is 0. The average Bonchev–Trinajstić information content (AvgIpc) is 2.81. The fourth-order valence-electron chi connectivity index (χ4n) is 3.66. The highest BCUT2D eigenvalue weighted by molar-refractivity contribution is 5.69. The van der Waals surface area contributed by atoms with Gasteiger partial charge in [0.25, 0.3) is 0 Å². The summed E-state index contributed by atoms with van der Waals surface area (Å²) < 4.78 is 22.1. The van der Waals surface area contributed by atoms with Gasteiger partial charge in [-0.25, -0.2) is 19.2 Å². The second-order valence-corrected chi connectivity index (χ2v) is 15.0. The van der Waals surface area contributed by atoms with E-state index in [9.17, 15) is 19.2 Å². The summed E-state index contributed by atoms with van der Waals surface area (Å²) in [6.07, 6.45) is 2.88. The van der Waals surface area contributed by atoms with Gasteiger partial charge < -0.3 is 38.5 Å². The van der Waals surface area contributed by atoms with Gasteiger partial charge in [0, 0.05) is 52.9 Å². The quantitative estimate of drug-likeness (QED) is 0.157. The summed E-state index contributed by atoms with van der Waals surface area (Å²) in [6, 6.07) is 0. The first-order valence-corrected chi connectivity index (χ1v) is 15.9.